The first-order chi connectivity index (χ1) is 9.49. The molecular weight excluding hydrogens is 253 g/mol. The van der Waals surface area contributed by atoms with Crippen molar-refractivity contribution in [2.45, 2.75) is 33.3 Å². The summed E-state index contributed by atoms with van der Waals surface area (Å²) in [4.78, 5) is 2.40. The molecule has 1 aliphatic rings. The number of benzene rings is 1. The van der Waals surface area contributed by atoms with Crippen molar-refractivity contribution >= 4 is 0 Å². The van der Waals surface area contributed by atoms with Gasteiger partial charge >= 0.3 is 0 Å². The van der Waals surface area contributed by atoms with Gasteiger partial charge in [-0.1, -0.05) is 39.0 Å². The maximum absolute atomic E-state index is 13.7. The maximum Gasteiger partial charge on any atom is 0.129 e. The summed E-state index contributed by atoms with van der Waals surface area (Å²) in [5.41, 5.74) is 0.415. The van der Waals surface area contributed by atoms with Crippen molar-refractivity contribution in [2.75, 3.05) is 19.6 Å². The van der Waals surface area contributed by atoms with Gasteiger partial charge in [0.25, 0.3) is 0 Å². The minimum atomic E-state index is -0.731. The Morgan fingerprint density at radius 2 is 2.00 bits per heavy atom. The standard InChI is InChI=1S/C17H26FNO/c1-12-8-9-19(10-13(12)2)11-14(3)17(20)15-6-4-5-7-16(15)18/h4-7,12-14,17,20H,8-11H2,1-3H3. The summed E-state index contributed by atoms with van der Waals surface area (Å²) in [6, 6.07) is 6.52. The molecule has 1 aromatic rings. The molecular formula is C17H26FNO. The molecule has 4 unspecified atom stereocenters. The highest BCUT2D eigenvalue weighted by atomic mass is 19.1. The molecule has 0 amide bonds. The normalized spacial score (nSPS) is 27.2. The van der Waals surface area contributed by atoms with Crippen LogP contribution in [0.25, 0.3) is 0 Å². The van der Waals surface area contributed by atoms with Gasteiger partial charge in [-0.25, -0.2) is 4.39 Å². The van der Waals surface area contributed by atoms with Gasteiger partial charge in [0.15, 0.2) is 0 Å². The predicted molar refractivity (Wildman–Crippen MR) is 79.9 cm³/mol. The molecule has 1 aromatic carbocycles. The summed E-state index contributed by atoms with van der Waals surface area (Å²) in [5, 5.41) is 10.4. The number of likely N-dealkylation sites (tertiary alicyclic amines) is 1. The first-order valence-electron chi connectivity index (χ1n) is 7.64. The Morgan fingerprint density at radius 3 is 2.65 bits per heavy atom. The van der Waals surface area contributed by atoms with Gasteiger partial charge in [-0.3, -0.25) is 0 Å². The van der Waals surface area contributed by atoms with Gasteiger partial charge < -0.3 is 10.0 Å². The molecule has 0 bridgehead atoms. The van der Waals surface area contributed by atoms with Crippen LogP contribution >= 0.6 is 0 Å². The van der Waals surface area contributed by atoms with Crippen molar-refractivity contribution in [2.24, 2.45) is 17.8 Å². The molecule has 1 heterocycles. The Bertz CT molecular complexity index is 437. The predicted octanol–water partition coefficient (Wildman–Crippen LogP) is 3.47. The molecule has 4 atom stereocenters. The molecule has 0 aliphatic carbocycles. The Labute approximate surface area is 121 Å². The maximum atomic E-state index is 13.7. The van der Waals surface area contributed by atoms with Crippen molar-refractivity contribution in [3.05, 3.63) is 35.6 Å². The van der Waals surface area contributed by atoms with Crippen LogP contribution in [0.1, 0.15) is 38.9 Å². The quantitative estimate of drug-likeness (QED) is 0.912. The van der Waals surface area contributed by atoms with E-state index in [1.54, 1.807) is 18.2 Å². The number of rotatable bonds is 4. The summed E-state index contributed by atoms with van der Waals surface area (Å²) < 4.78 is 13.7. The second kappa shape index (κ2) is 6.68. The third kappa shape index (κ3) is 3.58. The van der Waals surface area contributed by atoms with Crippen molar-refractivity contribution in [1.82, 2.24) is 4.90 Å². The van der Waals surface area contributed by atoms with Gasteiger partial charge in [0, 0.05) is 18.7 Å². The Hall–Kier alpha value is -0.930. The third-order valence-electron chi connectivity index (χ3n) is 4.73. The van der Waals surface area contributed by atoms with Crippen LogP contribution in [0.2, 0.25) is 0 Å². The monoisotopic (exact) mass is 279 g/mol. The van der Waals surface area contributed by atoms with E-state index in [0.29, 0.717) is 11.5 Å². The van der Waals surface area contributed by atoms with Gasteiger partial charge in [-0.2, -0.15) is 0 Å². The van der Waals surface area contributed by atoms with E-state index in [1.807, 2.05) is 6.92 Å². The van der Waals surface area contributed by atoms with Gasteiger partial charge in [0.2, 0.25) is 0 Å². The van der Waals surface area contributed by atoms with Crippen LogP contribution < -0.4 is 0 Å². The molecule has 1 saturated heterocycles. The fraction of sp³-hybridized carbons (Fsp3) is 0.647. The molecule has 2 nitrogen and oxygen atoms in total. The molecule has 0 radical (unpaired) electrons. The van der Waals surface area contributed by atoms with Gasteiger partial charge in [-0.05, 0) is 36.8 Å². The van der Waals surface area contributed by atoms with Crippen molar-refractivity contribution < 1.29 is 9.50 Å². The van der Waals surface area contributed by atoms with Crippen LogP contribution in [-0.2, 0) is 0 Å². The van der Waals surface area contributed by atoms with Crippen LogP contribution in [0.3, 0.4) is 0 Å². The molecule has 0 aromatic heterocycles. The summed E-state index contributed by atoms with van der Waals surface area (Å²) >= 11 is 0. The SMILES string of the molecule is CC1CCN(CC(C)C(O)c2ccccc2F)CC1C. The van der Waals surface area contributed by atoms with Crippen LogP contribution in [-0.4, -0.2) is 29.6 Å². The number of piperidine rings is 1. The Balaban J connectivity index is 1.95. The molecule has 1 N–H and O–H groups in total. The second-order valence-corrected chi connectivity index (χ2v) is 6.45. The van der Waals surface area contributed by atoms with E-state index in [4.69, 9.17) is 0 Å². The van der Waals surface area contributed by atoms with Crippen LogP contribution in [0.5, 0.6) is 0 Å². The van der Waals surface area contributed by atoms with E-state index < -0.39 is 6.10 Å². The zero-order valence-corrected chi connectivity index (χ0v) is 12.7. The molecule has 0 saturated carbocycles. The lowest BCUT2D eigenvalue weighted by Crippen LogP contribution is -2.41. The number of nitrogens with zero attached hydrogens (tertiary/aromatic N) is 1. The number of aliphatic hydroxyl groups is 1. The fourth-order valence-electron chi connectivity index (χ4n) is 3.04. The fourth-order valence-corrected chi connectivity index (χ4v) is 3.04. The lowest BCUT2D eigenvalue weighted by atomic mass is 9.87. The van der Waals surface area contributed by atoms with E-state index in [-0.39, 0.29) is 11.7 Å². The summed E-state index contributed by atoms with van der Waals surface area (Å²) in [6.07, 6.45) is 0.481. The second-order valence-electron chi connectivity index (χ2n) is 6.45. The molecule has 1 fully saturated rings. The number of hydrogen-bond acceptors (Lipinski definition) is 2. The smallest absolute Gasteiger partial charge is 0.129 e. The van der Waals surface area contributed by atoms with Crippen LogP contribution in [0.15, 0.2) is 24.3 Å². The van der Waals surface area contributed by atoms with E-state index in [2.05, 4.69) is 18.7 Å². The van der Waals surface area contributed by atoms with E-state index in [9.17, 15) is 9.50 Å². The van der Waals surface area contributed by atoms with Crippen molar-refractivity contribution in [3.63, 3.8) is 0 Å². The topological polar surface area (TPSA) is 23.5 Å². The van der Waals surface area contributed by atoms with Crippen LogP contribution in [0, 0.1) is 23.6 Å². The van der Waals surface area contributed by atoms with Gasteiger partial charge in [0.05, 0.1) is 6.10 Å². The zero-order chi connectivity index (χ0) is 14.7. The Morgan fingerprint density at radius 1 is 1.30 bits per heavy atom. The number of aliphatic hydroxyl groups excluding tert-OH is 1. The van der Waals surface area contributed by atoms with Gasteiger partial charge in [-0.15, -0.1) is 0 Å². The van der Waals surface area contributed by atoms with E-state index in [1.165, 1.54) is 12.5 Å². The lowest BCUT2D eigenvalue weighted by Gasteiger charge is -2.37. The minimum absolute atomic E-state index is 0.0347. The first-order valence-corrected chi connectivity index (χ1v) is 7.64. The average Bonchev–Trinajstić information content (AvgIpc) is 2.42. The minimum Gasteiger partial charge on any atom is -0.388 e. The molecule has 2 rings (SSSR count). The Kier molecular flexibility index (Phi) is 5.17. The number of hydrogen-bond donors (Lipinski definition) is 1. The molecule has 112 valence electrons. The molecule has 20 heavy (non-hydrogen) atoms. The van der Waals surface area contributed by atoms with Crippen molar-refractivity contribution in [1.29, 1.82) is 0 Å². The first kappa shape index (κ1) is 15.5. The summed E-state index contributed by atoms with van der Waals surface area (Å²) in [6.45, 7) is 9.58. The average molecular weight is 279 g/mol. The van der Waals surface area contributed by atoms with Gasteiger partial charge in [0.1, 0.15) is 5.82 Å². The molecule has 3 heteroatoms. The third-order valence-corrected chi connectivity index (χ3v) is 4.73. The largest absolute Gasteiger partial charge is 0.388 e. The lowest BCUT2D eigenvalue weighted by molar-refractivity contribution is 0.0609. The summed E-state index contributed by atoms with van der Waals surface area (Å²) in [5.74, 6) is 1.19. The zero-order valence-electron chi connectivity index (χ0n) is 12.7. The summed E-state index contributed by atoms with van der Waals surface area (Å²) in [7, 11) is 0. The van der Waals surface area contributed by atoms with E-state index in [0.717, 1.165) is 25.6 Å². The van der Waals surface area contributed by atoms with E-state index >= 15 is 0 Å². The van der Waals surface area contributed by atoms with Crippen molar-refractivity contribution in [3.8, 4) is 0 Å². The molecule has 1 aliphatic heterocycles. The number of halogens is 1. The molecule has 0 spiro atoms. The van der Waals surface area contributed by atoms with Crippen LogP contribution in [0.4, 0.5) is 4.39 Å². The highest BCUT2D eigenvalue weighted by Gasteiger charge is 2.26. The highest BCUT2D eigenvalue weighted by Crippen LogP contribution is 2.28. The highest BCUT2D eigenvalue weighted by molar-refractivity contribution is 5.20.